The van der Waals surface area contributed by atoms with E-state index in [0.29, 0.717) is 6.10 Å². The average molecular weight is 198 g/mol. The molecule has 3 heteroatoms. The molecule has 2 atom stereocenters. The van der Waals surface area contributed by atoms with Gasteiger partial charge in [0.1, 0.15) is 0 Å². The summed E-state index contributed by atoms with van der Waals surface area (Å²) in [5, 5.41) is 6.90. The molecule has 0 aliphatic carbocycles. The molecule has 2 fully saturated rings. The van der Waals surface area contributed by atoms with Crippen LogP contribution >= 0.6 is 0 Å². The van der Waals surface area contributed by atoms with Gasteiger partial charge in [0, 0.05) is 13.2 Å². The second-order valence-corrected chi connectivity index (χ2v) is 4.49. The van der Waals surface area contributed by atoms with Crippen molar-refractivity contribution < 1.29 is 4.74 Å². The van der Waals surface area contributed by atoms with Gasteiger partial charge in [0.15, 0.2) is 0 Å². The minimum atomic E-state index is 0.497. The van der Waals surface area contributed by atoms with Crippen molar-refractivity contribution in [3.63, 3.8) is 0 Å². The summed E-state index contributed by atoms with van der Waals surface area (Å²) < 4.78 is 5.55. The molecule has 0 aromatic carbocycles. The maximum atomic E-state index is 5.55. The third-order valence-electron chi connectivity index (χ3n) is 3.29. The topological polar surface area (TPSA) is 33.3 Å². The van der Waals surface area contributed by atoms with Gasteiger partial charge >= 0.3 is 0 Å². The zero-order valence-electron chi connectivity index (χ0n) is 8.93. The molecule has 82 valence electrons. The molecule has 2 rings (SSSR count). The molecular formula is C11H22N2O. The van der Waals surface area contributed by atoms with Gasteiger partial charge in [-0.3, -0.25) is 0 Å². The van der Waals surface area contributed by atoms with Crippen LogP contribution in [0.3, 0.4) is 0 Å². The van der Waals surface area contributed by atoms with E-state index >= 15 is 0 Å². The fraction of sp³-hybridized carbons (Fsp3) is 1.00. The first-order valence-corrected chi connectivity index (χ1v) is 5.98. The van der Waals surface area contributed by atoms with Crippen molar-refractivity contribution in [1.29, 1.82) is 0 Å². The van der Waals surface area contributed by atoms with E-state index in [1.165, 1.54) is 38.8 Å². The van der Waals surface area contributed by atoms with Crippen molar-refractivity contribution in [2.75, 3.05) is 32.8 Å². The van der Waals surface area contributed by atoms with E-state index in [-0.39, 0.29) is 0 Å². The van der Waals surface area contributed by atoms with Crippen LogP contribution in [0.25, 0.3) is 0 Å². The Kier molecular flexibility index (Phi) is 4.22. The largest absolute Gasteiger partial charge is 0.377 e. The van der Waals surface area contributed by atoms with Gasteiger partial charge in [-0.2, -0.15) is 0 Å². The van der Waals surface area contributed by atoms with E-state index in [1.807, 2.05) is 0 Å². The van der Waals surface area contributed by atoms with E-state index in [2.05, 4.69) is 10.6 Å². The molecule has 2 heterocycles. The minimum absolute atomic E-state index is 0.497. The van der Waals surface area contributed by atoms with E-state index in [1.54, 1.807) is 0 Å². The van der Waals surface area contributed by atoms with Gasteiger partial charge in [0.25, 0.3) is 0 Å². The van der Waals surface area contributed by atoms with E-state index < -0.39 is 0 Å². The summed E-state index contributed by atoms with van der Waals surface area (Å²) in [5.41, 5.74) is 0. The highest BCUT2D eigenvalue weighted by molar-refractivity contribution is 4.73. The van der Waals surface area contributed by atoms with Gasteiger partial charge in [0.2, 0.25) is 0 Å². The molecule has 0 saturated carbocycles. The van der Waals surface area contributed by atoms with Gasteiger partial charge in [-0.05, 0) is 51.2 Å². The first kappa shape index (κ1) is 10.4. The Bertz CT molecular complexity index is 133. The van der Waals surface area contributed by atoms with Crippen LogP contribution in [-0.4, -0.2) is 38.9 Å². The van der Waals surface area contributed by atoms with Crippen LogP contribution in [-0.2, 0) is 4.74 Å². The van der Waals surface area contributed by atoms with Crippen molar-refractivity contribution in [3.05, 3.63) is 0 Å². The third-order valence-corrected chi connectivity index (χ3v) is 3.29. The lowest BCUT2D eigenvalue weighted by Crippen LogP contribution is -2.28. The van der Waals surface area contributed by atoms with Crippen molar-refractivity contribution in [2.45, 2.75) is 31.8 Å². The molecule has 0 radical (unpaired) electrons. The summed E-state index contributed by atoms with van der Waals surface area (Å²) >= 11 is 0. The Hall–Kier alpha value is -0.120. The van der Waals surface area contributed by atoms with Gasteiger partial charge < -0.3 is 15.4 Å². The Morgan fingerprint density at radius 2 is 2.36 bits per heavy atom. The molecule has 14 heavy (non-hydrogen) atoms. The lowest BCUT2D eigenvalue weighted by molar-refractivity contribution is 0.110. The van der Waals surface area contributed by atoms with Crippen LogP contribution in [0.1, 0.15) is 25.7 Å². The molecule has 3 nitrogen and oxygen atoms in total. The number of hydrogen-bond acceptors (Lipinski definition) is 3. The maximum absolute atomic E-state index is 5.55. The number of nitrogens with one attached hydrogen (secondary N) is 2. The average Bonchev–Trinajstić information content (AvgIpc) is 2.86. The van der Waals surface area contributed by atoms with E-state index in [9.17, 15) is 0 Å². The van der Waals surface area contributed by atoms with Crippen molar-refractivity contribution in [1.82, 2.24) is 10.6 Å². The summed E-state index contributed by atoms with van der Waals surface area (Å²) in [6.45, 7) is 5.63. The van der Waals surface area contributed by atoms with Crippen LogP contribution in [0.5, 0.6) is 0 Å². The summed E-state index contributed by atoms with van der Waals surface area (Å²) in [6, 6.07) is 0. The third kappa shape index (κ3) is 3.23. The van der Waals surface area contributed by atoms with Crippen LogP contribution < -0.4 is 10.6 Å². The normalized spacial score (nSPS) is 32.6. The second-order valence-electron chi connectivity index (χ2n) is 4.49. The zero-order valence-corrected chi connectivity index (χ0v) is 8.93. The van der Waals surface area contributed by atoms with E-state index in [4.69, 9.17) is 4.74 Å². The fourth-order valence-electron chi connectivity index (χ4n) is 2.34. The molecular weight excluding hydrogens is 176 g/mol. The summed E-state index contributed by atoms with van der Waals surface area (Å²) in [7, 11) is 0. The molecule has 0 bridgehead atoms. The summed E-state index contributed by atoms with van der Waals surface area (Å²) in [6.07, 6.45) is 5.68. The fourth-order valence-corrected chi connectivity index (χ4v) is 2.34. The molecule has 2 aliphatic rings. The zero-order chi connectivity index (χ0) is 9.64. The lowest BCUT2D eigenvalue weighted by atomic mass is 10.1. The van der Waals surface area contributed by atoms with Gasteiger partial charge in [-0.25, -0.2) is 0 Å². The maximum Gasteiger partial charge on any atom is 0.0700 e. The molecule has 0 aromatic heterocycles. The van der Waals surface area contributed by atoms with Crippen LogP contribution in [0.4, 0.5) is 0 Å². The molecule has 0 amide bonds. The number of rotatable bonds is 5. The van der Waals surface area contributed by atoms with Crippen molar-refractivity contribution >= 4 is 0 Å². The second kappa shape index (κ2) is 5.69. The predicted octanol–water partition coefficient (Wildman–Crippen LogP) is 0.755. The Morgan fingerprint density at radius 3 is 3.07 bits per heavy atom. The first-order valence-electron chi connectivity index (χ1n) is 5.98. The molecule has 0 spiro atoms. The Balaban J connectivity index is 1.46. The highest BCUT2D eigenvalue weighted by Gasteiger charge is 2.16. The highest BCUT2D eigenvalue weighted by Crippen LogP contribution is 2.12. The first-order chi connectivity index (χ1) is 6.95. The van der Waals surface area contributed by atoms with E-state index in [0.717, 1.165) is 25.6 Å². The van der Waals surface area contributed by atoms with Crippen molar-refractivity contribution in [2.24, 2.45) is 5.92 Å². The van der Waals surface area contributed by atoms with Gasteiger partial charge in [-0.1, -0.05) is 0 Å². The van der Waals surface area contributed by atoms with Gasteiger partial charge in [0.05, 0.1) is 6.10 Å². The standard InChI is InChI=1S/C11H22N2O/c1-2-11(14-7-1)9-13-6-4-10-3-5-12-8-10/h10-13H,1-9H2. The monoisotopic (exact) mass is 198 g/mol. The minimum Gasteiger partial charge on any atom is -0.377 e. The lowest BCUT2D eigenvalue weighted by Gasteiger charge is -2.12. The molecule has 0 aromatic rings. The smallest absolute Gasteiger partial charge is 0.0700 e. The summed E-state index contributed by atoms with van der Waals surface area (Å²) in [5.74, 6) is 0.909. The molecule has 2 aliphatic heterocycles. The molecule has 2 N–H and O–H groups in total. The number of ether oxygens (including phenoxy) is 1. The van der Waals surface area contributed by atoms with Crippen LogP contribution in [0, 0.1) is 5.92 Å². The van der Waals surface area contributed by atoms with Crippen LogP contribution in [0.2, 0.25) is 0 Å². The summed E-state index contributed by atoms with van der Waals surface area (Å²) in [4.78, 5) is 0. The van der Waals surface area contributed by atoms with Gasteiger partial charge in [-0.15, -0.1) is 0 Å². The Morgan fingerprint density at radius 1 is 1.36 bits per heavy atom. The quantitative estimate of drug-likeness (QED) is 0.640. The molecule has 2 unspecified atom stereocenters. The predicted molar refractivity (Wildman–Crippen MR) is 57.4 cm³/mol. The highest BCUT2D eigenvalue weighted by atomic mass is 16.5. The van der Waals surface area contributed by atoms with Crippen molar-refractivity contribution in [3.8, 4) is 0 Å². The Labute approximate surface area is 86.6 Å². The number of hydrogen-bond donors (Lipinski definition) is 2. The van der Waals surface area contributed by atoms with Crippen LogP contribution in [0.15, 0.2) is 0 Å². The SMILES string of the molecule is C1COC(CNCCC2CCNC2)C1. The molecule has 2 saturated heterocycles.